The molecule has 0 unspecified atom stereocenters. The van der Waals surface area contributed by atoms with Crippen molar-refractivity contribution in [2.75, 3.05) is 6.61 Å². The molecule has 1 heterocycles. The Morgan fingerprint density at radius 1 is 1.45 bits per heavy atom. The summed E-state index contributed by atoms with van der Waals surface area (Å²) in [6, 6.07) is 0. The first-order valence-electron chi connectivity index (χ1n) is 2.46. The van der Waals surface area contributed by atoms with Gasteiger partial charge < -0.3 is 9.47 Å². The number of hydrogen-bond donors (Lipinski definition) is 0. The minimum Gasteiger partial charge on any atom is -0.426 e. The normalized spacial score (nSPS) is 31.5. The highest BCUT2D eigenvalue weighted by Crippen LogP contribution is 2.38. The molecule has 0 radical (unpaired) electrons. The van der Waals surface area contributed by atoms with Crippen molar-refractivity contribution < 1.29 is 31.8 Å². The predicted molar refractivity (Wildman–Crippen MR) is 22.3 cm³/mol. The molecule has 1 fully saturated rings. The zero-order valence-corrected chi connectivity index (χ0v) is 4.94. The fourth-order valence-electron chi connectivity index (χ4n) is 0.482. The minimum absolute atomic E-state index is 1.44. The SMILES string of the molecule is O=C1OC[C@](F)(C(F)(F)F)O1. The summed E-state index contributed by atoms with van der Waals surface area (Å²) in [5.74, 6) is -3.97. The number of rotatable bonds is 0. The number of halogens is 4. The van der Waals surface area contributed by atoms with E-state index < -0.39 is 24.8 Å². The van der Waals surface area contributed by atoms with Crippen LogP contribution in [0.15, 0.2) is 0 Å². The molecule has 1 aliphatic heterocycles. The van der Waals surface area contributed by atoms with Gasteiger partial charge in [0.25, 0.3) is 0 Å². The number of ether oxygens (including phenoxy) is 2. The third-order valence-corrected chi connectivity index (χ3v) is 1.04. The Labute approximate surface area is 57.9 Å². The van der Waals surface area contributed by atoms with E-state index in [4.69, 9.17) is 0 Å². The molecule has 0 spiro atoms. The standard InChI is InChI=1S/C4H2F4O3/c5-3(4(6,7)8)1-10-2(9)11-3/h1H2/t3-/m1/s1. The van der Waals surface area contributed by atoms with Gasteiger partial charge in [-0.25, -0.2) is 4.79 Å². The van der Waals surface area contributed by atoms with Crippen molar-refractivity contribution in [2.45, 2.75) is 12.0 Å². The van der Waals surface area contributed by atoms with Crippen LogP contribution in [0.3, 0.4) is 0 Å². The molecule has 0 aromatic heterocycles. The van der Waals surface area contributed by atoms with E-state index in [-0.39, 0.29) is 0 Å². The van der Waals surface area contributed by atoms with Gasteiger partial charge in [0.1, 0.15) is 0 Å². The fraction of sp³-hybridized carbons (Fsp3) is 0.750. The van der Waals surface area contributed by atoms with Crippen LogP contribution in [0.2, 0.25) is 0 Å². The number of hydrogen-bond acceptors (Lipinski definition) is 3. The van der Waals surface area contributed by atoms with Crippen molar-refractivity contribution in [3.63, 3.8) is 0 Å². The van der Waals surface area contributed by atoms with Gasteiger partial charge in [-0.2, -0.15) is 17.6 Å². The number of carbonyl (C=O) groups excluding carboxylic acids is 1. The Bertz CT molecular complexity index is 188. The van der Waals surface area contributed by atoms with Crippen LogP contribution in [0, 0.1) is 0 Å². The van der Waals surface area contributed by atoms with Crippen LogP contribution in [0.4, 0.5) is 22.4 Å². The van der Waals surface area contributed by atoms with Gasteiger partial charge in [-0.15, -0.1) is 0 Å². The maximum atomic E-state index is 12.4. The van der Waals surface area contributed by atoms with Gasteiger partial charge in [-0.3, -0.25) is 0 Å². The van der Waals surface area contributed by atoms with Crippen LogP contribution in [0.5, 0.6) is 0 Å². The van der Waals surface area contributed by atoms with Gasteiger partial charge in [-0.05, 0) is 0 Å². The minimum atomic E-state index is -5.24. The van der Waals surface area contributed by atoms with Crippen LogP contribution < -0.4 is 0 Å². The highest BCUT2D eigenvalue weighted by Gasteiger charge is 2.64. The summed E-state index contributed by atoms with van der Waals surface area (Å²) in [4.78, 5) is 9.92. The first kappa shape index (κ1) is 8.09. The molecule has 7 heteroatoms. The lowest BCUT2D eigenvalue weighted by Gasteiger charge is -2.17. The van der Waals surface area contributed by atoms with Crippen LogP contribution in [-0.2, 0) is 9.47 Å². The van der Waals surface area contributed by atoms with E-state index in [9.17, 15) is 22.4 Å². The lowest BCUT2D eigenvalue weighted by molar-refractivity contribution is -0.299. The number of carbonyl (C=O) groups is 1. The molecule has 0 amide bonds. The second-order valence-electron chi connectivity index (χ2n) is 1.87. The molecule has 0 bridgehead atoms. The van der Waals surface area contributed by atoms with Gasteiger partial charge >= 0.3 is 18.2 Å². The van der Waals surface area contributed by atoms with Crippen molar-refractivity contribution in [2.24, 2.45) is 0 Å². The number of alkyl halides is 4. The van der Waals surface area contributed by atoms with Gasteiger partial charge in [0, 0.05) is 0 Å². The van der Waals surface area contributed by atoms with Crippen molar-refractivity contribution in [1.82, 2.24) is 0 Å². The topological polar surface area (TPSA) is 35.5 Å². The highest BCUT2D eigenvalue weighted by atomic mass is 19.4. The second kappa shape index (κ2) is 1.99. The molecule has 0 aliphatic carbocycles. The van der Waals surface area contributed by atoms with Crippen LogP contribution in [0.1, 0.15) is 0 Å². The van der Waals surface area contributed by atoms with Crippen molar-refractivity contribution in [3.8, 4) is 0 Å². The van der Waals surface area contributed by atoms with E-state index in [2.05, 4.69) is 9.47 Å². The molecule has 0 aromatic rings. The Morgan fingerprint density at radius 3 is 2.18 bits per heavy atom. The average molecular weight is 174 g/mol. The van der Waals surface area contributed by atoms with Crippen LogP contribution >= 0.6 is 0 Å². The predicted octanol–water partition coefficient (Wildman–Crippen LogP) is 1.38. The van der Waals surface area contributed by atoms with Gasteiger partial charge in [0.2, 0.25) is 0 Å². The Balaban J connectivity index is 2.77. The summed E-state index contributed by atoms with van der Waals surface area (Å²) in [6.07, 6.45) is -6.89. The molecule has 11 heavy (non-hydrogen) atoms. The lowest BCUT2D eigenvalue weighted by Crippen LogP contribution is -2.43. The summed E-state index contributed by atoms with van der Waals surface area (Å²) in [6.45, 7) is -1.44. The zero-order valence-electron chi connectivity index (χ0n) is 4.94. The quantitative estimate of drug-likeness (QED) is 0.411. The van der Waals surface area contributed by atoms with Crippen molar-refractivity contribution in [3.05, 3.63) is 0 Å². The molecule has 1 rings (SSSR count). The average Bonchev–Trinajstić information content (AvgIpc) is 2.10. The van der Waals surface area contributed by atoms with E-state index in [1.165, 1.54) is 0 Å². The Hall–Kier alpha value is -1.01. The third-order valence-electron chi connectivity index (χ3n) is 1.04. The van der Waals surface area contributed by atoms with Crippen LogP contribution in [0.25, 0.3) is 0 Å². The molecule has 3 nitrogen and oxygen atoms in total. The zero-order chi connectivity index (χ0) is 8.70. The summed E-state index contributed by atoms with van der Waals surface area (Å²) in [5.41, 5.74) is 0. The van der Waals surface area contributed by atoms with E-state index in [0.29, 0.717) is 0 Å². The summed E-state index contributed by atoms with van der Waals surface area (Å²) in [5, 5.41) is 0. The van der Waals surface area contributed by atoms with Crippen LogP contribution in [-0.4, -0.2) is 24.8 Å². The van der Waals surface area contributed by atoms with E-state index >= 15 is 0 Å². The molecule has 0 N–H and O–H groups in total. The Morgan fingerprint density at radius 2 is 2.00 bits per heavy atom. The molecule has 1 saturated heterocycles. The van der Waals surface area contributed by atoms with Gasteiger partial charge in [0.15, 0.2) is 6.61 Å². The molecular weight excluding hydrogens is 172 g/mol. The first-order valence-corrected chi connectivity index (χ1v) is 2.46. The molecule has 0 aromatic carbocycles. The monoisotopic (exact) mass is 174 g/mol. The van der Waals surface area contributed by atoms with E-state index in [1.54, 1.807) is 0 Å². The fourth-order valence-corrected chi connectivity index (χ4v) is 0.482. The number of cyclic esters (lactones) is 2. The molecule has 64 valence electrons. The van der Waals surface area contributed by atoms with E-state index in [1.807, 2.05) is 0 Å². The lowest BCUT2D eigenvalue weighted by atomic mass is 10.3. The summed E-state index contributed by atoms with van der Waals surface area (Å²) in [7, 11) is 0. The van der Waals surface area contributed by atoms with Crippen molar-refractivity contribution >= 4 is 6.16 Å². The first-order chi connectivity index (χ1) is 4.85. The van der Waals surface area contributed by atoms with Gasteiger partial charge in [-0.1, -0.05) is 0 Å². The smallest absolute Gasteiger partial charge is 0.426 e. The second-order valence-corrected chi connectivity index (χ2v) is 1.87. The maximum Gasteiger partial charge on any atom is 0.511 e. The van der Waals surface area contributed by atoms with Crippen molar-refractivity contribution in [1.29, 1.82) is 0 Å². The highest BCUT2D eigenvalue weighted by molar-refractivity contribution is 5.62. The van der Waals surface area contributed by atoms with Gasteiger partial charge in [0.05, 0.1) is 0 Å². The van der Waals surface area contributed by atoms with E-state index in [0.717, 1.165) is 0 Å². The molecule has 0 saturated carbocycles. The summed E-state index contributed by atoms with van der Waals surface area (Å²) < 4.78 is 54.0. The maximum absolute atomic E-state index is 12.4. The molecule has 1 atom stereocenters. The largest absolute Gasteiger partial charge is 0.511 e. The Kier molecular flexibility index (Phi) is 1.46. The molecule has 1 aliphatic rings. The third kappa shape index (κ3) is 1.22. The molecular formula is C4H2F4O3. The summed E-state index contributed by atoms with van der Waals surface area (Å²) >= 11 is 0.